The minimum Gasteiger partial charge on any atom is -0.379 e. The second kappa shape index (κ2) is 7.29. The molecule has 0 amide bonds. The van der Waals surface area contributed by atoms with Crippen LogP contribution in [0.4, 0.5) is 0 Å². The normalized spacial score (nSPS) is 30.9. The van der Waals surface area contributed by atoms with Crippen LogP contribution in [0.1, 0.15) is 53.4 Å². The molecule has 0 aromatic rings. The van der Waals surface area contributed by atoms with Gasteiger partial charge in [0.25, 0.3) is 0 Å². The van der Waals surface area contributed by atoms with E-state index in [0.29, 0.717) is 6.10 Å². The molecule has 1 aliphatic rings. The molecular weight excluding hydrogens is 198 g/mol. The molecule has 0 aliphatic heterocycles. The molecule has 0 bridgehead atoms. The topological polar surface area (TPSA) is 21.3 Å². The van der Waals surface area contributed by atoms with Gasteiger partial charge < -0.3 is 10.1 Å². The van der Waals surface area contributed by atoms with Crippen LogP contribution in [0.2, 0.25) is 0 Å². The molecule has 16 heavy (non-hydrogen) atoms. The van der Waals surface area contributed by atoms with Crippen LogP contribution < -0.4 is 5.32 Å². The Kier molecular flexibility index (Phi) is 6.37. The molecular formula is C14H29NO. The van der Waals surface area contributed by atoms with Gasteiger partial charge in [-0.3, -0.25) is 0 Å². The number of rotatable bonds is 6. The van der Waals surface area contributed by atoms with E-state index in [2.05, 4.69) is 33.0 Å². The highest BCUT2D eigenvalue weighted by Gasteiger charge is 2.27. The third kappa shape index (κ3) is 4.84. The molecule has 0 heterocycles. The van der Waals surface area contributed by atoms with Crippen LogP contribution in [0.5, 0.6) is 0 Å². The Balaban J connectivity index is 2.32. The van der Waals surface area contributed by atoms with Crippen molar-refractivity contribution >= 4 is 0 Å². The van der Waals surface area contributed by atoms with Crippen molar-refractivity contribution in [2.45, 2.75) is 65.5 Å². The molecule has 3 atom stereocenters. The highest BCUT2D eigenvalue weighted by Crippen LogP contribution is 2.31. The Morgan fingerprint density at radius 1 is 1.31 bits per heavy atom. The summed E-state index contributed by atoms with van der Waals surface area (Å²) in [5.41, 5.74) is 0. The van der Waals surface area contributed by atoms with E-state index in [9.17, 15) is 0 Å². The Labute approximate surface area is 101 Å². The van der Waals surface area contributed by atoms with Gasteiger partial charge in [0.1, 0.15) is 0 Å². The van der Waals surface area contributed by atoms with E-state index in [4.69, 9.17) is 4.74 Å². The van der Waals surface area contributed by atoms with Gasteiger partial charge in [-0.2, -0.15) is 0 Å². The summed E-state index contributed by atoms with van der Waals surface area (Å²) in [6, 6.07) is 0.733. The molecule has 1 aliphatic carbocycles. The van der Waals surface area contributed by atoms with E-state index < -0.39 is 0 Å². The maximum absolute atomic E-state index is 5.68. The van der Waals surface area contributed by atoms with Crippen LogP contribution in [0.3, 0.4) is 0 Å². The zero-order valence-corrected chi connectivity index (χ0v) is 11.5. The maximum Gasteiger partial charge on any atom is 0.0518 e. The number of hydrogen-bond acceptors (Lipinski definition) is 2. The van der Waals surface area contributed by atoms with Crippen LogP contribution >= 0.6 is 0 Å². The summed E-state index contributed by atoms with van der Waals surface area (Å²) in [5, 5.41) is 3.64. The van der Waals surface area contributed by atoms with Crippen molar-refractivity contribution < 1.29 is 4.74 Å². The predicted octanol–water partition coefficient (Wildman–Crippen LogP) is 3.22. The number of ether oxygens (including phenoxy) is 1. The summed E-state index contributed by atoms with van der Waals surface area (Å²) >= 11 is 0. The van der Waals surface area contributed by atoms with Crippen molar-refractivity contribution in [3.05, 3.63) is 0 Å². The molecule has 2 heteroatoms. The van der Waals surface area contributed by atoms with Gasteiger partial charge in [0, 0.05) is 12.6 Å². The quantitative estimate of drug-likeness (QED) is 0.752. The summed E-state index contributed by atoms with van der Waals surface area (Å²) in [6.07, 6.45) is 5.71. The number of nitrogens with one attached hydrogen (secondary N) is 1. The van der Waals surface area contributed by atoms with Gasteiger partial charge in [0.2, 0.25) is 0 Å². The van der Waals surface area contributed by atoms with Gasteiger partial charge in [0.05, 0.1) is 6.10 Å². The highest BCUT2D eigenvalue weighted by atomic mass is 16.5. The molecule has 1 rings (SSSR count). The fourth-order valence-electron chi connectivity index (χ4n) is 2.80. The Bertz CT molecular complexity index is 182. The van der Waals surface area contributed by atoms with Crippen LogP contribution in [-0.2, 0) is 4.74 Å². The molecule has 0 aromatic carbocycles. The molecule has 2 nitrogen and oxygen atoms in total. The van der Waals surface area contributed by atoms with Crippen molar-refractivity contribution in [1.82, 2.24) is 5.32 Å². The van der Waals surface area contributed by atoms with Crippen LogP contribution in [0.15, 0.2) is 0 Å². The van der Waals surface area contributed by atoms with Crippen LogP contribution in [0, 0.1) is 11.8 Å². The molecule has 0 saturated heterocycles. The van der Waals surface area contributed by atoms with Gasteiger partial charge in [0.15, 0.2) is 0 Å². The lowest BCUT2D eigenvalue weighted by Gasteiger charge is -2.35. The van der Waals surface area contributed by atoms with Crippen molar-refractivity contribution in [2.24, 2.45) is 11.8 Å². The SMILES string of the molecule is CCNC1CCC(C)CC1CCOC(C)C. The lowest BCUT2D eigenvalue weighted by molar-refractivity contribution is 0.0565. The van der Waals surface area contributed by atoms with Crippen molar-refractivity contribution in [3.8, 4) is 0 Å². The van der Waals surface area contributed by atoms with E-state index >= 15 is 0 Å². The minimum absolute atomic E-state index is 0.374. The van der Waals surface area contributed by atoms with Crippen LogP contribution in [0.25, 0.3) is 0 Å². The van der Waals surface area contributed by atoms with Gasteiger partial charge in [-0.25, -0.2) is 0 Å². The summed E-state index contributed by atoms with van der Waals surface area (Å²) in [5.74, 6) is 1.72. The summed E-state index contributed by atoms with van der Waals surface area (Å²) in [6.45, 7) is 10.9. The summed E-state index contributed by atoms with van der Waals surface area (Å²) in [4.78, 5) is 0. The summed E-state index contributed by atoms with van der Waals surface area (Å²) < 4.78 is 5.68. The van der Waals surface area contributed by atoms with E-state index in [1.807, 2.05) is 0 Å². The van der Waals surface area contributed by atoms with Crippen LogP contribution in [-0.4, -0.2) is 25.3 Å². The molecule has 0 spiro atoms. The molecule has 1 N–H and O–H groups in total. The lowest BCUT2D eigenvalue weighted by atomic mass is 9.77. The van der Waals surface area contributed by atoms with Crippen molar-refractivity contribution in [2.75, 3.05) is 13.2 Å². The van der Waals surface area contributed by atoms with Gasteiger partial charge in [-0.05, 0) is 57.9 Å². The standard InChI is InChI=1S/C14H29NO/c1-5-15-14-7-6-12(4)10-13(14)8-9-16-11(2)3/h11-15H,5-10H2,1-4H3. The van der Waals surface area contributed by atoms with E-state index in [1.165, 1.54) is 25.7 Å². The van der Waals surface area contributed by atoms with Crippen molar-refractivity contribution in [1.29, 1.82) is 0 Å². The fraction of sp³-hybridized carbons (Fsp3) is 1.00. The average Bonchev–Trinajstić information content (AvgIpc) is 2.21. The number of hydrogen-bond donors (Lipinski definition) is 1. The van der Waals surface area contributed by atoms with E-state index in [0.717, 1.165) is 31.0 Å². The molecule has 0 radical (unpaired) electrons. The maximum atomic E-state index is 5.68. The molecule has 0 aromatic heterocycles. The third-order valence-electron chi connectivity index (χ3n) is 3.65. The third-order valence-corrected chi connectivity index (χ3v) is 3.65. The Morgan fingerprint density at radius 3 is 2.69 bits per heavy atom. The first-order valence-corrected chi connectivity index (χ1v) is 6.98. The summed E-state index contributed by atoms with van der Waals surface area (Å²) in [7, 11) is 0. The predicted molar refractivity (Wildman–Crippen MR) is 69.7 cm³/mol. The van der Waals surface area contributed by atoms with Gasteiger partial charge >= 0.3 is 0 Å². The first-order valence-electron chi connectivity index (χ1n) is 6.98. The Hall–Kier alpha value is -0.0800. The average molecular weight is 227 g/mol. The van der Waals surface area contributed by atoms with Gasteiger partial charge in [-0.1, -0.05) is 13.8 Å². The zero-order chi connectivity index (χ0) is 12.0. The minimum atomic E-state index is 0.374. The van der Waals surface area contributed by atoms with E-state index in [1.54, 1.807) is 0 Å². The molecule has 1 saturated carbocycles. The largest absolute Gasteiger partial charge is 0.379 e. The monoisotopic (exact) mass is 227 g/mol. The smallest absolute Gasteiger partial charge is 0.0518 e. The first kappa shape index (κ1) is 14.0. The second-order valence-corrected chi connectivity index (χ2v) is 5.55. The molecule has 96 valence electrons. The van der Waals surface area contributed by atoms with Crippen molar-refractivity contribution in [3.63, 3.8) is 0 Å². The first-order chi connectivity index (χ1) is 7.63. The second-order valence-electron chi connectivity index (χ2n) is 5.55. The highest BCUT2D eigenvalue weighted by molar-refractivity contribution is 4.83. The van der Waals surface area contributed by atoms with E-state index in [-0.39, 0.29) is 0 Å². The van der Waals surface area contributed by atoms with Gasteiger partial charge in [-0.15, -0.1) is 0 Å². The zero-order valence-electron chi connectivity index (χ0n) is 11.5. The fourth-order valence-corrected chi connectivity index (χ4v) is 2.80. The Morgan fingerprint density at radius 2 is 2.06 bits per heavy atom. The lowest BCUT2D eigenvalue weighted by Crippen LogP contribution is -2.40. The molecule has 1 fully saturated rings. The molecule has 3 unspecified atom stereocenters.